The lowest BCUT2D eigenvalue weighted by molar-refractivity contribution is -0.148. The molecule has 0 unspecified atom stereocenters. The van der Waals surface area contributed by atoms with E-state index in [4.69, 9.17) is 18.9 Å². The first kappa shape index (κ1) is 53.1. The number of carbonyl (C=O) groups is 4. The Hall–Kier alpha value is -2.93. The summed E-state index contributed by atoms with van der Waals surface area (Å²) in [6.07, 6.45) is 24.2. The zero-order chi connectivity index (χ0) is 43.1. The van der Waals surface area contributed by atoms with Crippen LogP contribution in [0.1, 0.15) is 169 Å². The summed E-state index contributed by atoms with van der Waals surface area (Å²) in [6.45, 7) is 17.7. The molecule has 0 saturated carbocycles. The van der Waals surface area contributed by atoms with Gasteiger partial charge in [-0.05, 0) is 39.7 Å². The standard InChI is InChI=1S/C45H84N4O8Si/c1-9-11-13-15-17-19-21-23-25-27-41(50)55-31-29-49(30-32-56-42(51)28-26-24-22-20-18-16-14-12-10-2)43(52)40(47-44(53)57-45(3,4)5)35-39-36-48(37-46-39)38-54-33-34-58(6,7)8/h36-37,40H,9-35,38H2,1-8H3,(H,47,53)/t40-/m0/s1. The van der Waals surface area contributed by atoms with Gasteiger partial charge in [-0.15, -0.1) is 0 Å². The van der Waals surface area contributed by atoms with Gasteiger partial charge in [0.15, 0.2) is 0 Å². The highest BCUT2D eigenvalue weighted by Crippen LogP contribution is 2.14. The highest BCUT2D eigenvalue weighted by molar-refractivity contribution is 6.76. The quantitative estimate of drug-likeness (QED) is 0.0306. The van der Waals surface area contributed by atoms with Crippen LogP contribution in [0, 0.1) is 0 Å². The molecule has 0 aromatic carbocycles. The molecule has 0 bridgehead atoms. The number of alkyl carbamates (subject to hydrolysis) is 1. The third-order valence-electron chi connectivity index (χ3n) is 9.85. The van der Waals surface area contributed by atoms with E-state index in [1.807, 2.05) is 4.57 Å². The lowest BCUT2D eigenvalue weighted by Crippen LogP contribution is -2.52. The van der Waals surface area contributed by atoms with Crippen molar-refractivity contribution in [3.05, 3.63) is 18.2 Å². The van der Waals surface area contributed by atoms with Crippen LogP contribution in [0.2, 0.25) is 25.7 Å². The summed E-state index contributed by atoms with van der Waals surface area (Å²) in [5.74, 6) is -1.02. The van der Waals surface area contributed by atoms with Crippen molar-refractivity contribution in [3.63, 3.8) is 0 Å². The fourth-order valence-electron chi connectivity index (χ4n) is 6.39. The SMILES string of the molecule is CCCCCCCCCCCC(=O)OCCN(CCOC(=O)CCCCCCCCCCC)C(=O)[C@H](Cc1cn(COCC[Si](C)(C)C)cn1)NC(=O)OC(C)(C)C. The molecule has 2 amide bonds. The van der Waals surface area contributed by atoms with Crippen LogP contribution in [0.3, 0.4) is 0 Å². The van der Waals surface area contributed by atoms with Gasteiger partial charge in [-0.1, -0.05) is 136 Å². The van der Waals surface area contributed by atoms with E-state index in [2.05, 4.69) is 43.8 Å². The Kier molecular flexibility index (Phi) is 29.2. The van der Waals surface area contributed by atoms with Crippen molar-refractivity contribution in [2.45, 2.75) is 214 Å². The summed E-state index contributed by atoms with van der Waals surface area (Å²) in [5, 5.41) is 2.75. The maximum Gasteiger partial charge on any atom is 0.408 e. The van der Waals surface area contributed by atoms with E-state index in [9.17, 15) is 19.2 Å². The Balaban J connectivity index is 2.89. The van der Waals surface area contributed by atoms with Crippen molar-refractivity contribution >= 4 is 32.0 Å². The highest BCUT2D eigenvalue weighted by atomic mass is 28.3. The Morgan fingerprint density at radius 3 is 1.64 bits per heavy atom. The minimum Gasteiger partial charge on any atom is -0.464 e. The number of unbranched alkanes of at least 4 members (excludes halogenated alkanes) is 16. The van der Waals surface area contributed by atoms with Gasteiger partial charge in [0.05, 0.1) is 25.1 Å². The van der Waals surface area contributed by atoms with Crippen LogP contribution in [0.25, 0.3) is 0 Å². The Morgan fingerprint density at radius 2 is 1.19 bits per heavy atom. The highest BCUT2D eigenvalue weighted by Gasteiger charge is 2.29. The average Bonchev–Trinajstić information content (AvgIpc) is 3.60. The Labute approximate surface area is 353 Å². The number of imidazole rings is 1. The number of nitrogens with one attached hydrogen (secondary N) is 1. The summed E-state index contributed by atoms with van der Waals surface area (Å²) in [6, 6.07) is 0.00513. The lowest BCUT2D eigenvalue weighted by Gasteiger charge is -2.28. The molecule has 58 heavy (non-hydrogen) atoms. The van der Waals surface area contributed by atoms with Crippen molar-refractivity contribution in [2.75, 3.05) is 32.9 Å². The molecule has 0 aliphatic carbocycles. The third-order valence-corrected chi connectivity index (χ3v) is 11.6. The summed E-state index contributed by atoms with van der Waals surface area (Å²) in [4.78, 5) is 58.5. The molecule has 0 spiro atoms. The van der Waals surface area contributed by atoms with Crippen LogP contribution in [-0.4, -0.2) is 91.0 Å². The van der Waals surface area contributed by atoms with Gasteiger partial charge in [0.2, 0.25) is 5.91 Å². The molecule has 336 valence electrons. The molecule has 1 rings (SSSR count). The summed E-state index contributed by atoms with van der Waals surface area (Å²) in [5.41, 5.74) is -0.194. The molecule has 1 aromatic heterocycles. The fraction of sp³-hybridized carbons (Fsp3) is 0.844. The van der Waals surface area contributed by atoms with Crippen molar-refractivity contribution in [3.8, 4) is 0 Å². The van der Waals surface area contributed by atoms with E-state index in [1.165, 1.54) is 81.9 Å². The smallest absolute Gasteiger partial charge is 0.408 e. The lowest BCUT2D eigenvalue weighted by atomic mass is 10.1. The minimum absolute atomic E-state index is 0.0169. The Bertz CT molecular complexity index is 1210. The fourth-order valence-corrected chi connectivity index (χ4v) is 7.14. The molecule has 1 N–H and O–H groups in total. The summed E-state index contributed by atoms with van der Waals surface area (Å²) < 4.78 is 24.4. The average molecular weight is 837 g/mol. The number of amides is 2. The van der Waals surface area contributed by atoms with Crippen molar-refractivity contribution in [1.82, 2.24) is 19.8 Å². The largest absolute Gasteiger partial charge is 0.464 e. The number of hydrogen-bond acceptors (Lipinski definition) is 9. The number of ether oxygens (including phenoxy) is 4. The normalized spacial score (nSPS) is 12.3. The molecule has 0 fully saturated rings. The molecular weight excluding hydrogens is 753 g/mol. The molecule has 1 atom stereocenters. The van der Waals surface area contributed by atoms with E-state index in [1.54, 1.807) is 33.3 Å². The van der Waals surface area contributed by atoms with Gasteiger partial charge in [-0.25, -0.2) is 9.78 Å². The van der Waals surface area contributed by atoms with Gasteiger partial charge in [0, 0.05) is 40.1 Å². The molecule has 13 heteroatoms. The zero-order valence-electron chi connectivity index (χ0n) is 38.1. The molecule has 0 radical (unpaired) electrons. The number of esters is 2. The molecule has 1 aromatic rings. The molecule has 0 aliphatic rings. The van der Waals surface area contributed by atoms with Gasteiger partial charge in [0.1, 0.15) is 31.6 Å². The number of carbonyl (C=O) groups excluding carboxylic acids is 4. The summed E-state index contributed by atoms with van der Waals surface area (Å²) >= 11 is 0. The van der Waals surface area contributed by atoms with Gasteiger partial charge < -0.3 is 33.7 Å². The number of hydrogen-bond donors (Lipinski definition) is 1. The maximum atomic E-state index is 14.2. The zero-order valence-corrected chi connectivity index (χ0v) is 39.1. The van der Waals surface area contributed by atoms with E-state index in [0.717, 1.165) is 44.6 Å². The first-order valence-corrected chi connectivity index (χ1v) is 26.5. The number of rotatable bonds is 35. The molecule has 12 nitrogen and oxygen atoms in total. The second-order valence-corrected chi connectivity index (χ2v) is 23.7. The second-order valence-electron chi connectivity index (χ2n) is 18.1. The van der Waals surface area contributed by atoms with Crippen molar-refractivity contribution in [1.29, 1.82) is 0 Å². The van der Waals surface area contributed by atoms with Crippen LogP contribution in [-0.2, 0) is 46.5 Å². The summed E-state index contributed by atoms with van der Waals surface area (Å²) in [7, 11) is -1.23. The topological polar surface area (TPSA) is 138 Å². The van der Waals surface area contributed by atoms with Crippen LogP contribution in [0.15, 0.2) is 12.5 Å². The minimum atomic E-state index is -1.23. The van der Waals surface area contributed by atoms with Crippen LogP contribution >= 0.6 is 0 Å². The van der Waals surface area contributed by atoms with Crippen LogP contribution in [0.5, 0.6) is 0 Å². The predicted octanol–water partition coefficient (Wildman–Crippen LogP) is 10.4. The van der Waals surface area contributed by atoms with Crippen LogP contribution in [0.4, 0.5) is 4.79 Å². The first-order chi connectivity index (χ1) is 27.6. The monoisotopic (exact) mass is 837 g/mol. The van der Waals surface area contributed by atoms with Crippen molar-refractivity contribution < 1.29 is 38.1 Å². The van der Waals surface area contributed by atoms with Gasteiger partial charge >= 0.3 is 18.0 Å². The number of aromatic nitrogens is 2. The van der Waals surface area contributed by atoms with E-state index < -0.39 is 31.7 Å². The van der Waals surface area contributed by atoms with E-state index >= 15 is 0 Å². The molecule has 1 heterocycles. The number of nitrogens with zero attached hydrogens (tertiary/aromatic N) is 3. The van der Waals surface area contributed by atoms with Crippen molar-refractivity contribution in [2.24, 2.45) is 0 Å². The third kappa shape index (κ3) is 30.2. The molecular formula is C45H84N4O8Si. The van der Waals surface area contributed by atoms with E-state index in [0.29, 0.717) is 31.9 Å². The molecule has 0 saturated heterocycles. The Morgan fingerprint density at radius 1 is 0.724 bits per heavy atom. The van der Waals surface area contributed by atoms with E-state index in [-0.39, 0.29) is 44.7 Å². The van der Waals surface area contributed by atoms with Crippen LogP contribution < -0.4 is 5.32 Å². The van der Waals surface area contributed by atoms with Gasteiger partial charge in [-0.2, -0.15) is 0 Å². The van der Waals surface area contributed by atoms with Gasteiger partial charge in [0.25, 0.3) is 0 Å². The predicted molar refractivity (Wildman–Crippen MR) is 235 cm³/mol. The van der Waals surface area contributed by atoms with Gasteiger partial charge in [-0.3, -0.25) is 14.4 Å². The second kappa shape index (κ2) is 31.9. The maximum absolute atomic E-state index is 14.2. The first-order valence-electron chi connectivity index (χ1n) is 22.8. The molecule has 0 aliphatic heterocycles.